The van der Waals surface area contributed by atoms with Crippen LogP contribution in [0.4, 0.5) is 0 Å². The first kappa shape index (κ1) is 13.5. The van der Waals surface area contributed by atoms with E-state index in [2.05, 4.69) is 16.8 Å². The molecule has 0 aromatic carbocycles. The SMILES string of the molecule is CCc1nc2c(n1CCOCCOC)CCNC2. The molecule has 0 fully saturated rings. The molecule has 1 aromatic rings. The third kappa shape index (κ3) is 3.10. The average Bonchev–Trinajstić information content (AvgIpc) is 2.77. The molecule has 0 atom stereocenters. The van der Waals surface area contributed by atoms with E-state index in [1.807, 2.05) is 0 Å². The second-order valence-electron chi connectivity index (χ2n) is 4.46. The zero-order chi connectivity index (χ0) is 12.8. The summed E-state index contributed by atoms with van der Waals surface area (Å²) in [5.74, 6) is 1.18. The Kier molecular flexibility index (Phi) is 5.16. The summed E-state index contributed by atoms with van der Waals surface area (Å²) in [5, 5.41) is 3.37. The molecule has 1 aliphatic heterocycles. The van der Waals surface area contributed by atoms with Gasteiger partial charge in [0.25, 0.3) is 0 Å². The first-order valence-corrected chi connectivity index (χ1v) is 6.71. The van der Waals surface area contributed by atoms with Gasteiger partial charge in [-0.05, 0) is 0 Å². The molecule has 2 rings (SSSR count). The van der Waals surface area contributed by atoms with E-state index in [-0.39, 0.29) is 0 Å². The molecular weight excluding hydrogens is 230 g/mol. The minimum atomic E-state index is 0.659. The topological polar surface area (TPSA) is 48.3 Å². The highest BCUT2D eigenvalue weighted by atomic mass is 16.5. The predicted molar refractivity (Wildman–Crippen MR) is 69.7 cm³/mol. The number of imidazole rings is 1. The maximum atomic E-state index is 5.55. The number of nitrogens with one attached hydrogen (secondary N) is 1. The fourth-order valence-corrected chi connectivity index (χ4v) is 2.36. The van der Waals surface area contributed by atoms with Gasteiger partial charge in [0.1, 0.15) is 5.82 Å². The summed E-state index contributed by atoms with van der Waals surface area (Å²) in [4.78, 5) is 4.70. The molecule has 0 unspecified atom stereocenters. The summed E-state index contributed by atoms with van der Waals surface area (Å²) in [6.45, 7) is 7.06. The molecule has 0 aliphatic carbocycles. The van der Waals surface area contributed by atoms with Crippen LogP contribution in [0.15, 0.2) is 0 Å². The van der Waals surface area contributed by atoms with Crippen molar-refractivity contribution in [3.63, 3.8) is 0 Å². The van der Waals surface area contributed by atoms with Gasteiger partial charge in [-0.2, -0.15) is 0 Å². The van der Waals surface area contributed by atoms with Crippen molar-refractivity contribution >= 4 is 0 Å². The summed E-state index contributed by atoms with van der Waals surface area (Å²) in [6, 6.07) is 0. The maximum Gasteiger partial charge on any atom is 0.109 e. The van der Waals surface area contributed by atoms with Crippen LogP contribution in [0.5, 0.6) is 0 Å². The second-order valence-corrected chi connectivity index (χ2v) is 4.46. The Morgan fingerprint density at radius 3 is 3.00 bits per heavy atom. The zero-order valence-corrected chi connectivity index (χ0v) is 11.4. The van der Waals surface area contributed by atoms with Crippen LogP contribution in [0, 0.1) is 0 Å². The molecule has 1 aromatic heterocycles. The summed E-state index contributed by atoms with van der Waals surface area (Å²) < 4.78 is 12.8. The van der Waals surface area contributed by atoms with Crippen molar-refractivity contribution in [3.05, 3.63) is 17.2 Å². The van der Waals surface area contributed by atoms with Gasteiger partial charge in [-0.25, -0.2) is 4.98 Å². The normalized spacial score (nSPS) is 14.8. The molecule has 2 heterocycles. The van der Waals surface area contributed by atoms with Crippen molar-refractivity contribution in [2.45, 2.75) is 32.9 Å². The van der Waals surface area contributed by atoms with E-state index in [1.165, 1.54) is 17.2 Å². The Morgan fingerprint density at radius 2 is 2.22 bits per heavy atom. The molecule has 5 heteroatoms. The van der Waals surface area contributed by atoms with Gasteiger partial charge < -0.3 is 19.4 Å². The molecule has 1 aliphatic rings. The Balaban J connectivity index is 1.95. The Labute approximate surface area is 108 Å². The van der Waals surface area contributed by atoms with Gasteiger partial charge in [0.05, 0.1) is 25.5 Å². The van der Waals surface area contributed by atoms with Gasteiger partial charge in [-0.15, -0.1) is 0 Å². The highest BCUT2D eigenvalue weighted by molar-refractivity contribution is 5.20. The minimum absolute atomic E-state index is 0.659. The van der Waals surface area contributed by atoms with Gasteiger partial charge in [-0.3, -0.25) is 0 Å². The molecule has 0 bridgehead atoms. The summed E-state index contributed by atoms with van der Waals surface area (Å²) in [6.07, 6.45) is 2.05. The number of rotatable bonds is 7. The number of hydrogen-bond acceptors (Lipinski definition) is 4. The molecule has 0 saturated heterocycles. The number of aryl methyl sites for hydroxylation is 1. The van der Waals surface area contributed by atoms with Crippen molar-refractivity contribution in [3.8, 4) is 0 Å². The van der Waals surface area contributed by atoms with Gasteiger partial charge in [0.2, 0.25) is 0 Å². The van der Waals surface area contributed by atoms with Crippen LogP contribution in [0.1, 0.15) is 24.1 Å². The van der Waals surface area contributed by atoms with Crippen LogP contribution in [0.3, 0.4) is 0 Å². The standard InChI is InChI=1S/C13H23N3O2/c1-3-13-15-11-10-14-5-4-12(11)16(13)6-7-18-9-8-17-2/h14H,3-10H2,1-2H3. The van der Waals surface area contributed by atoms with E-state index in [1.54, 1.807) is 7.11 Å². The summed E-state index contributed by atoms with van der Waals surface area (Å²) in [7, 11) is 1.69. The summed E-state index contributed by atoms with van der Waals surface area (Å²) >= 11 is 0. The van der Waals surface area contributed by atoms with Gasteiger partial charge in [0, 0.05) is 45.3 Å². The highest BCUT2D eigenvalue weighted by Crippen LogP contribution is 2.16. The minimum Gasteiger partial charge on any atom is -0.382 e. The zero-order valence-electron chi connectivity index (χ0n) is 11.4. The molecule has 102 valence electrons. The van der Waals surface area contributed by atoms with Crippen LogP contribution in [0.25, 0.3) is 0 Å². The number of aromatic nitrogens is 2. The van der Waals surface area contributed by atoms with E-state index in [0.29, 0.717) is 13.2 Å². The molecule has 1 N–H and O–H groups in total. The van der Waals surface area contributed by atoms with Crippen LogP contribution < -0.4 is 5.32 Å². The van der Waals surface area contributed by atoms with Crippen molar-refractivity contribution in [1.29, 1.82) is 0 Å². The molecule has 0 spiro atoms. The van der Waals surface area contributed by atoms with E-state index in [9.17, 15) is 0 Å². The van der Waals surface area contributed by atoms with Crippen LogP contribution in [-0.4, -0.2) is 43.0 Å². The molecule has 18 heavy (non-hydrogen) atoms. The Bertz CT molecular complexity index is 377. The smallest absolute Gasteiger partial charge is 0.109 e. The monoisotopic (exact) mass is 253 g/mol. The van der Waals surface area contributed by atoms with Crippen LogP contribution in [-0.2, 0) is 35.4 Å². The number of ether oxygens (including phenoxy) is 2. The largest absolute Gasteiger partial charge is 0.382 e. The Morgan fingerprint density at radius 1 is 1.33 bits per heavy atom. The number of hydrogen-bond donors (Lipinski definition) is 1. The van der Waals surface area contributed by atoms with Gasteiger partial charge in [-0.1, -0.05) is 6.92 Å². The van der Waals surface area contributed by atoms with E-state index in [4.69, 9.17) is 14.5 Å². The van der Waals surface area contributed by atoms with Crippen molar-refractivity contribution < 1.29 is 9.47 Å². The first-order chi connectivity index (χ1) is 8.86. The van der Waals surface area contributed by atoms with Crippen molar-refractivity contribution in [2.75, 3.05) is 33.5 Å². The lowest BCUT2D eigenvalue weighted by atomic mass is 10.2. The number of methoxy groups -OCH3 is 1. The number of fused-ring (bicyclic) bond motifs is 1. The van der Waals surface area contributed by atoms with Crippen LogP contribution in [0.2, 0.25) is 0 Å². The van der Waals surface area contributed by atoms with Crippen LogP contribution >= 0.6 is 0 Å². The fourth-order valence-electron chi connectivity index (χ4n) is 2.36. The van der Waals surface area contributed by atoms with Gasteiger partial charge in [0.15, 0.2) is 0 Å². The lowest BCUT2D eigenvalue weighted by molar-refractivity contribution is 0.0660. The quantitative estimate of drug-likeness (QED) is 0.729. The molecule has 0 amide bonds. The maximum absolute atomic E-state index is 5.55. The lowest BCUT2D eigenvalue weighted by Gasteiger charge is -2.16. The van der Waals surface area contributed by atoms with Crippen molar-refractivity contribution in [2.24, 2.45) is 0 Å². The average molecular weight is 253 g/mol. The first-order valence-electron chi connectivity index (χ1n) is 6.71. The molecule has 0 saturated carbocycles. The van der Waals surface area contributed by atoms with E-state index < -0.39 is 0 Å². The third-order valence-electron chi connectivity index (χ3n) is 3.27. The summed E-state index contributed by atoms with van der Waals surface area (Å²) in [5.41, 5.74) is 2.61. The van der Waals surface area contributed by atoms with Crippen molar-refractivity contribution in [1.82, 2.24) is 14.9 Å². The van der Waals surface area contributed by atoms with E-state index in [0.717, 1.165) is 39.1 Å². The number of nitrogens with zero attached hydrogens (tertiary/aromatic N) is 2. The van der Waals surface area contributed by atoms with E-state index >= 15 is 0 Å². The molecular formula is C13H23N3O2. The third-order valence-corrected chi connectivity index (χ3v) is 3.27. The molecule has 5 nitrogen and oxygen atoms in total. The second kappa shape index (κ2) is 6.87. The highest BCUT2D eigenvalue weighted by Gasteiger charge is 2.18. The van der Waals surface area contributed by atoms with Gasteiger partial charge >= 0.3 is 0 Å². The fraction of sp³-hybridized carbons (Fsp3) is 0.769. The lowest BCUT2D eigenvalue weighted by Crippen LogP contribution is -2.25. The Hall–Kier alpha value is -0.910. The predicted octanol–water partition coefficient (Wildman–Crippen LogP) is 0.754. The molecule has 0 radical (unpaired) electrons.